The van der Waals surface area contributed by atoms with Gasteiger partial charge in [0.05, 0.1) is 11.6 Å². The van der Waals surface area contributed by atoms with Gasteiger partial charge in [-0.05, 0) is 92.6 Å². The number of halogens is 3. The van der Waals surface area contributed by atoms with Crippen LogP contribution in [-0.2, 0) is 11.4 Å². The second-order valence-corrected chi connectivity index (χ2v) is 9.05. The smallest absolute Gasteiger partial charge is 0.266 e. The van der Waals surface area contributed by atoms with E-state index in [4.69, 9.17) is 21.1 Å². The summed E-state index contributed by atoms with van der Waals surface area (Å²) >= 11 is 11.9. The van der Waals surface area contributed by atoms with E-state index in [1.54, 1.807) is 30.3 Å². The van der Waals surface area contributed by atoms with E-state index in [2.05, 4.69) is 43.8 Å². The Morgan fingerprint density at radius 3 is 2.59 bits per heavy atom. The molecule has 8 heteroatoms. The van der Waals surface area contributed by atoms with Gasteiger partial charge in [0.1, 0.15) is 18.2 Å². The van der Waals surface area contributed by atoms with Crippen LogP contribution < -0.4 is 14.8 Å². The standard InChI is InChI=1S/C24H17BrClIN2O3/c1-31-22-12-15(10-17(13-28)24(30)29-19-8-6-18(27)7-9-19)11-20(25)23(22)32-14-16-4-2-3-5-21(16)26/h2-12H,14H2,1H3,(H,29,30)/b17-10+. The summed E-state index contributed by atoms with van der Waals surface area (Å²) < 4.78 is 13.1. The lowest BCUT2D eigenvalue weighted by Crippen LogP contribution is -2.13. The summed E-state index contributed by atoms with van der Waals surface area (Å²) in [7, 11) is 1.52. The molecule has 3 aromatic rings. The van der Waals surface area contributed by atoms with E-state index in [1.807, 2.05) is 36.4 Å². The maximum absolute atomic E-state index is 12.5. The summed E-state index contributed by atoms with van der Waals surface area (Å²) in [6.07, 6.45) is 1.49. The third kappa shape index (κ3) is 6.25. The van der Waals surface area contributed by atoms with Crippen molar-refractivity contribution in [1.82, 2.24) is 0 Å². The molecule has 3 aromatic carbocycles. The molecule has 0 unspecified atom stereocenters. The zero-order valence-electron chi connectivity index (χ0n) is 16.9. The van der Waals surface area contributed by atoms with Crippen molar-refractivity contribution in [2.24, 2.45) is 0 Å². The predicted molar refractivity (Wildman–Crippen MR) is 138 cm³/mol. The van der Waals surface area contributed by atoms with Gasteiger partial charge < -0.3 is 14.8 Å². The number of nitrogens with one attached hydrogen (secondary N) is 1. The highest BCUT2D eigenvalue weighted by atomic mass is 127. The van der Waals surface area contributed by atoms with E-state index in [0.29, 0.717) is 32.2 Å². The summed E-state index contributed by atoms with van der Waals surface area (Å²) in [5.41, 5.74) is 2.01. The molecule has 0 fully saturated rings. The maximum atomic E-state index is 12.5. The molecule has 0 aromatic heterocycles. The van der Waals surface area contributed by atoms with Gasteiger partial charge in [0.25, 0.3) is 5.91 Å². The fraction of sp³-hybridized carbons (Fsp3) is 0.0833. The number of nitriles is 1. The van der Waals surface area contributed by atoms with E-state index < -0.39 is 5.91 Å². The Morgan fingerprint density at radius 2 is 1.94 bits per heavy atom. The summed E-state index contributed by atoms with van der Waals surface area (Å²) in [5, 5.41) is 12.8. The third-order valence-electron chi connectivity index (χ3n) is 4.36. The molecule has 0 heterocycles. The molecule has 0 spiro atoms. The van der Waals surface area contributed by atoms with Crippen molar-refractivity contribution in [1.29, 1.82) is 5.26 Å². The van der Waals surface area contributed by atoms with Gasteiger partial charge in [-0.25, -0.2) is 0 Å². The zero-order valence-corrected chi connectivity index (χ0v) is 21.4. The summed E-state index contributed by atoms with van der Waals surface area (Å²) in [6, 6.07) is 20.1. The van der Waals surface area contributed by atoms with Crippen LogP contribution in [0, 0.1) is 14.9 Å². The molecule has 162 valence electrons. The van der Waals surface area contributed by atoms with Crippen LogP contribution in [0.2, 0.25) is 5.02 Å². The van der Waals surface area contributed by atoms with Crippen molar-refractivity contribution in [2.75, 3.05) is 12.4 Å². The van der Waals surface area contributed by atoms with Gasteiger partial charge in [0.15, 0.2) is 11.5 Å². The van der Waals surface area contributed by atoms with Gasteiger partial charge >= 0.3 is 0 Å². The Hall–Kier alpha value is -2.54. The predicted octanol–water partition coefficient (Wildman–Crippen LogP) is 6.84. The monoisotopic (exact) mass is 622 g/mol. The van der Waals surface area contributed by atoms with Crippen molar-refractivity contribution < 1.29 is 14.3 Å². The molecule has 0 bridgehead atoms. The van der Waals surface area contributed by atoms with Gasteiger partial charge in [-0.15, -0.1) is 0 Å². The van der Waals surface area contributed by atoms with Crippen molar-refractivity contribution in [2.45, 2.75) is 6.61 Å². The van der Waals surface area contributed by atoms with Gasteiger partial charge in [-0.1, -0.05) is 29.8 Å². The maximum Gasteiger partial charge on any atom is 0.266 e. The number of hydrogen-bond donors (Lipinski definition) is 1. The molecule has 0 radical (unpaired) electrons. The number of nitrogens with zero attached hydrogens (tertiary/aromatic N) is 1. The van der Waals surface area contributed by atoms with Crippen molar-refractivity contribution in [3.05, 3.63) is 90.4 Å². The first-order valence-electron chi connectivity index (χ1n) is 9.33. The summed E-state index contributed by atoms with van der Waals surface area (Å²) in [4.78, 5) is 12.5. The first-order chi connectivity index (χ1) is 15.4. The minimum atomic E-state index is -0.497. The summed E-state index contributed by atoms with van der Waals surface area (Å²) in [5.74, 6) is 0.447. The second kappa shape index (κ2) is 11.4. The van der Waals surface area contributed by atoms with Crippen molar-refractivity contribution in [3.63, 3.8) is 0 Å². The number of amides is 1. The number of ether oxygens (including phenoxy) is 2. The highest BCUT2D eigenvalue weighted by molar-refractivity contribution is 14.1. The number of benzene rings is 3. The lowest BCUT2D eigenvalue weighted by molar-refractivity contribution is -0.112. The number of hydrogen-bond acceptors (Lipinski definition) is 4. The number of carbonyl (C=O) groups is 1. The lowest BCUT2D eigenvalue weighted by Gasteiger charge is -2.14. The van der Waals surface area contributed by atoms with E-state index in [0.717, 1.165) is 9.13 Å². The Kier molecular flexibility index (Phi) is 8.56. The van der Waals surface area contributed by atoms with Crippen LogP contribution >= 0.6 is 50.1 Å². The fourth-order valence-corrected chi connectivity index (χ4v) is 3.90. The van der Waals surface area contributed by atoms with Crippen LogP contribution in [-0.4, -0.2) is 13.0 Å². The third-order valence-corrected chi connectivity index (χ3v) is 6.04. The molecule has 1 N–H and O–H groups in total. The molecule has 0 aliphatic carbocycles. The first-order valence-corrected chi connectivity index (χ1v) is 11.6. The van der Waals surface area contributed by atoms with Crippen LogP contribution in [0.15, 0.2) is 70.7 Å². The Balaban J connectivity index is 1.82. The average Bonchev–Trinajstić information content (AvgIpc) is 2.78. The van der Waals surface area contributed by atoms with Gasteiger partial charge in [0.2, 0.25) is 0 Å². The molecule has 5 nitrogen and oxygen atoms in total. The van der Waals surface area contributed by atoms with Crippen LogP contribution in [0.25, 0.3) is 6.08 Å². The summed E-state index contributed by atoms with van der Waals surface area (Å²) in [6.45, 7) is 0.256. The molecule has 32 heavy (non-hydrogen) atoms. The molecular formula is C24H17BrClIN2O3. The molecule has 0 aliphatic rings. The molecule has 0 saturated carbocycles. The highest BCUT2D eigenvalue weighted by Crippen LogP contribution is 2.38. The fourth-order valence-electron chi connectivity index (χ4n) is 2.78. The van der Waals surface area contributed by atoms with E-state index in [1.165, 1.54) is 13.2 Å². The molecular weight excluding hydrogens is 607 g/mol. The lowest BCUT2D eigenvalue weighted by atomic mass is 10.1. The first kappa shape index (κ1) is 24.1. The minimum absolute atomic E-state index is 0.0396. The van der Waals surface area contributed by atoms with Crippen molar-refractivity contribution in [3.8, 4) is 17.6 Å². The van der Waals surface area contributed by atoms with Gasteiger partial charge in [-0.2, -0.15) is 5.26 Å². The average molecular weight is 624 g/mol. The number of methoxy groups -OCH3 is 1. The minimum Gasteiger partial charge on any atom is -0.493 e. The Bertz CT molecular complexity index is 1210. The SMILES string of the molecule is COc1cc(/C=C(\C#N)C(=O)Nc2ccc(I)cc2)cc(Br)c1OCc1ccccc1Cl. The number of anilines is 1. The number of carbonyl (C=O) groups excluding carboxylic acids is 1. The molecule has 3 rings (SSSR count). The topological polar surface area (TPSA) is 71.3 Å². The van der Waals surface area contributed by atoms with Gasteiger partial charge in [-0.3, -0.25) is 4.79 Å². The molecule has 0 aliphatic heterocycles. The Morgan fingerprint density at radius 1 is 1.22 bits per heavy atom. The largest absolute Gasteiger partial charge is 0.493 e. The van der Waals surface area contributed by atoms with Crippen LogP contribution in [0.3, 0.4) is 0 Å². The quantitative estimate of drug-likeness (QED) is 0.178. The van der Waals surface area contributed by atoms with Crippen LogP contribution in [0.1, 0.15) is 11.1 Å². The molecule has 0 atom stereocenters. The van der Waals surface area contributed by atoms with Gasteiger partial charge in [0, 0.05) is 19.8 Å². The molecule has 1 amide bonds. The zero-order chi connectivity index (χ0) is 23.1. The van der Waals surface area contributed by atoms with E-state index in [-0.39, 0.29) is 12.2 Å². The van der Waals surface area contributed by atoms with E-state index >= 15 is 0 Å². The van der Waals surface area contributed by atoms with Crippen molar-refractivity contribution >= 4 is 67.8 Å². The normalized spacial score (nSPS) is 10.9. The van der Waals surface area contributed by atoms with Crippen LogP contribution in [0.4, 0.5) is 5.69 Å². The second-order valence-electron chi connectivity index (χ2n) is 6.55. The Labute approximate surface area is 213 Å². The highest BCUT2D eigenvalue weighted by Gasteiger charge is 2.15. The molecule has 0 saturated heterocycles. The van der Waals surface area contributed by atoms with E-state index in [9.17, 15) is 10.1 Å². The number of rotatable bonds is 7. The van der Waals surface area contributed by atoms with Crippen LogP contribution in [0.5, 0.6) is 11.5 Å².